The minimum Gasteiger partial charge on any atom is -0.508 e. The second kappa shape index (κ2) is 6.24. The molecule has 0 saturated heterocycles. The van der Waals surface area contributed by atoms with Gasteiger partial charge in [0.2, 0.25) is 0 Å². The van der Waals surface area contributed by atoms with E-state index in [0.717, 1.165) is 27.6 Å². The number of ether oxygens (including phenoxy) is 1. The Balaban J connectivity index is 2.14. The van der Waals surface area contributed by atoms with Crippen molar-refractivity contribution < 1.29 is 14.6 Å². The predicted octanol–water partition coefficient (Wildman–Crippen LogP) is 4.07. The summed E-state index contributed by atoms with van der Waals surface area (Å²) in [6.07, 6.45) is 0. The predicted molar refractivity (Wildman–Crippen MR) is 96.7 cm³/mol. The van der Waals surface area contributed by atoms with Crippen LogP contribution in [0, 0.1) is 0 Å². The van der Waals surface area contributed by atoms with E-state index in [0.29, 0.717) is 5.56 Å². The van der Waals surface area contributed by atoms with Gasteiger partial charge >= 0.3 is 5.97 Å². The molecule has 0 spiro atoms. The number of aromatic hydroxyl groups is 1. The summed E-state index contributed by atoms with van der Waals surface area (Å²) in [4.78, 5) is 13.8. The number of rotatable bonds is 3. The zero-order valence-corrected chi connectivity index (χ0v) is 13.9. The highest BCUT2D eigenvalue weighted by Crippen LogP contribution is 2.33. The summed E-state index contributed by atoms with van der Waals surface area (Å²) in [7, 11) is 5.27. The van der Waals surface area contributed by atoms with Crippen molar-refractivity contribution in [2.24, 2.45) is 0 Å². The number of nitrogens with zero attached hydrogens (tertiary/aromatic N) is 1. The third-order valence-corrected chi connectivity index (χ3v) is 4.04. The molecule has 0 bridgehead atoms. The number of methoxy groups -OCH3 is 1. The first kappa shape index (κ1) is 15.9. The van der Waals surface area contributed by atoms with E-state index in [2.05, 4.69) is 6.07 Å². The molecule has 0 saturated carbocycles. The van der Waals surface area contributed by atoms with Crippen LogP contribution in [0.5, 0.6) is 5.75 Å². The first-order chi connectivity index (χ1) is 11.5. The number of anilines is 1. The van der Waals surface area contributed by atoms with Gasteiger partial charge in [0.05, 0.1) is 12.7 Å². The Morgan fingerprint density at radius 2 is 1.67 bits per heavy atom. The molecule has 24 heavy (non-hydrogen) atoms. The lowest BCUT2D eigenvalue weighted by Crippen LogP contribution is -2.12. The molecule has 3 aromatic rings. The monoisotopic (exact) mass is 321 g/mol. The summed E-state index contributed by atoms with van der Waals surface area (Å²) in [5.74, 6) is -0.0923. The molecule has 4 heteroatoms. The fourth-order valence-corrected chi connectivity index (χ4v) is 2.79. The van der Waals surface area contributed by atoms with Crippen molar-refractivity contribution in [2.75, 3.05) is 26.1 Å². The van der Waals surface area contributed by atoms with Crippen molar-refractivity contribution in [3.8, 4) is 16.9 Å². The topological polar surface area (TPSA) is 49.8 Å². The highest BCUT2D eigenvalue weighted by molar-refractivity contribution is 5.95. The van der Waals surface area contributed by atoms with Gasteiger partial charge < -0.3 is 14.7 Å². The Morgan fingerprint density at radius 1 is 0.958 bits per heavy atom. The highest BCUT2D eigenvalue weighted by atomic mass is 16.5. The molecule has 0 aromatic heterocycles. The summed E-state index contributed by atoms with van der Waals surface area (Å²) in [6, 6.07) is 16.9. The van der Waals surface area contributed by atoms with Gasteiger partial charge in [-0.3, -0.25) is 0 Å². The lowest BCUT2D eigenvalue weighted by molar-refractivity contribution is 0.0601. The van der Waals surface area contributed by atoms with Gasteiger partial charge in [0.25, 0.3) is 0 Å². The normalized spacial score (nSPS) is 10.6. The van der Waals surface area contributed by atoms with E-state index in [1.165, 1.54) is 7.11 Å². The molecule has 0 aliphatic rings. The molecule has 0 radical (unpaired) electrons. The van der Waals surface area contributed by atoms with Crippen LogP contribution in [0.25, 0.3) is 21.9 Å². The van der Waals surface area contributed by atoms with Crippen LogP contribution in [0.3, 0.4) is 0 Å². The molecule has 3 rings (SSSR count). The van der Waals surface area contributed by atoms with Crippen LogP contribution in [0.1, 0.15) is 10.4 Å². The van der Waals surface area contributed by atoms with Crippen LogP contribution in [-0.4, -0.2) is 32.3 Å². The Hall–Kier alpha value is -3.01. The van der Waals surface area contributed by atoms with Gasteiger partial charge in [-0.1, -0.05) is 24.3 Å². The largest absolute Gasteiger partial charge is 0.508 e. The van der Waals surface area contributed by atoms with Gasteiger partial charge in [-0.15, -0.1) is 0 Å². The number of hydrogen-bond donors (Lipinski definition) is 1. The van der Waals surface area contributed by atoms with Crippen LogP contribution in [0.4, 0.5) is 5.69 Å². The van der Waals surface area contributed by atoms with Crippen molar-refractivity contribution >= 4 is 22.4 Å². The summed E-state index contributed by atoms with van der Waals surface area (Å²) in [5.41, 5.74) is 3.54. The fourth-order valence-electron chi connectivity index (χ4n) is 2.79. The van der Waals surface area contributed by atoms with Crippen LogP contribution in [-0.2, 0) is 4.74 Å². The molecular weight excluding hydrogens is 302 g/mol. The number of hydrogen-bond acceptors (Lipinski definition) is 4. The zero-order valence-electron chi connectivity index (χ0n) is 13.9. The molecular formula is C20H19NO3. The van der Waals surface area contributed by atoms with Gasteiger partial charge in [-0.25, -0.2) is 4.79 Å². The molecule has 0 unspecified atom stereocenters. The minimum absolute atomic E-state index is 0.256. The van der Waals surface area contributed by atoms with E-state index < -0.39 is 0 Å². The van der Waals surface area contributed by atoms with Crippen LogP contribution < -0.4 is 4.90 Å². The number of esters is 1. The number of fused-ring (bicyclic) bond motifs is 1. The van der Waals surface area contributed by atoms with Crippen LogP contribution >= 0.6 is 0 Å². The Morgan fingerprint density at radius 3 is 2.38 bits per heavy atom. The fraction of sp³-hybridized carbons (Fsp3) is 0.150. The summed E-state index contributed by atoms with van der Waals surface area (Å²) in [6.45, 7) is 0. The molecule has 0 atom stereocenters. The quantitative estimate of drug-likeness (QED) is 0.739. The summed E-state index contributed by atoms with van der Waals surface area (Å²) < 4.78 is 4.80. The average Bonchev–Trinajstić information content (AvgIpc) is 2.60. The van der Waals surface area contributed by atoms with E-state index >= 15 is 0 Å². The first-order valence-electron chi connectivity index (χ1n) is 7.62. The number of benzene rings is 3. The second-order valence-corrected chi connectivity index (χ2v) is 5.86. The molecule has 0 fully saturated rings. The number of carbonyl (C=O) groups is 1. The lowest BCUT2D eigenvalue weighted by atomic mass is 9.98. The van der Waals surface area contributed by atoms with Gasteiger partial charge in [-0.2, -0.15) is 0 Å². The number of phenolic OH excluding ortho intramolecular Hbond substituents is 1. The lowest BCUT2D eigenvalue weighted by Gasteiger charge is -2.19. The van der Waals surface area contributed by atoms with Gasteiger partial charge in [-0.05, 0) is 46.7 Å². The SMILES string of the molecule is COC(=O)c1ccc(-c2ccc3cc(O)ccc3c2)c(N(C)C)c1. The van der Waals surface area contributed by atoms with Crippen molar-refractivity contribution in [3.05, 3.63) is 60.2 Å². The smallest absolute Gasteiger partial charge is 0.337 e. The van der Waals surface area contributed by atoms with E-state index in [4.69, 9.17) is 4.74 Å². The van der Waals surface area contributed by atoms with Crippen LogP contribution in [0.15, 0.2) is 54.6 Å². The van der Waals surface area contributed by atoms with E-state index in [9.17, 15) is 9.90 Å². The van der Waals surface area contributed by atoms with Gasteiger partial charge in [0.1, 0.15) is 5.75 Å². The molecule has 4 nitrogen and oxygen atoms in total. The maximum Gasteiger partial charge on any atom is 0.337 e. The molecule has 122 valence electrons. The van der Waals surface area contributed by atoms with Crippen LogP contribution in [0.2, 0.25) is 0 Å². The standard InChI is InChI=1S/C20H19NO3/c1-21(2)19-12-16(20(23)24-3)7-9-18(19)15-5-4-14-11-17(22)8-6-13(14)10-15/h4-12,22H,1-3H3. The third-order valence-electron chi connectivity index (χ3n) is 4.04. The summed E-state index contributed by atoms with van der Waals surface area (Å²) >= 11 is 0. The van der Waals surface area contributed by atoms with Crippen molar-refractivity contribution in [1.82, 2.24) is 0 Å². The minimum atomic E-state index is -0.348. The van der Waals surface area contributed by atoms with Gasteiger partial charge in [0.15, 0.2) is 0 Å². The average molecular weight is 321 g/mol. The Labute approximate surface area is 140 Å². The molecule has 1 N–H and O–H groups in total. The molecule has 0 aliphatic heterocycles. The maximum absolute atomic E-state index is 11.8. The molecule has 0 amide bonds. The van der Waals surface area contributed by atoms with Gasteiger partial charge in [0, 0.05) is 25.3 Å². The van der Waals surface area contributed by atoms with E-state index in [1.54, 1.807) is 18.2 Å². The highest BCUT2D eigenvalue weighted by Gasteiger charge is 2.13. The molecule has 0 aliphatic carbocycles. The van der Waals surface area contributed by atoms with Crippen molar-refractivity contribution in [1.29, 1.82) is 0 Å². The second-order valence-electron chi connectivity index (χ2n) is 5.86. The Kier molecular flexibility index (Phi) is 4.13. The molecule has 0 heterocycles. The maximum atomic E-state index is 11.8. The van der Waals surface area contributed by atoms with E-state index in [1.807, 2.05) is 49.3 Å². The molecule has 3 aromatic carbocycles. The third kappa shape index (κ3) is 2.91. The van der Waals surface area contributed by atoms with Crippen molar-refractivity contribution in [2.45, 2.75) is 0 Å². The number of carbonyl (C=O) groups excluding carboxylic acids is 1. The first-order valence-corrected chi connectivity index (χ1v) is 7.62. The number of phenols is 1. The zero-order chi connectivity index (χ0) is 17.3. The Bertz CT molecular complexity index is 916. The summed E-state index contributed by atoms with van der Waals surface area (Å²) in [5, 5.41) is 11.6. The van der Waals surface area contributed by atoms with E-state index in [-0.39, 0.29) is 11.7 Å². The van der Waals surface area contributed by atoms with Crippen molar-refractivity contribution in [3.63, 3.8) is 0 Å².